The van der Waals surface area contributed by atoms with E-state index in [1.165, 1.54) is 12.1 Å². The van der Waals surface area contributed by atoms with Gasteiger partial charge in [-0.05, 0) is 55.3 Å². The summed E-state index contributed by atoms with van der Waals surface area (Å²) in [6.07, 6.45) is -2.33. The molecule has 1 N–H and O–H groups in total. The molecule has 3 atom stereocenters. The van der Waals surface area contributed by atoms with Crippen LogP contribution in [0.15, 0.2) is 24.3 Å². The molecule has 1 amide bonds. The van der Waals surface area contributed by atoms with E-state index < -0.39 is 17.9 Å². The predicted octanol–water partition coefficient (Wildman–Crippen LogP) is 4.09. The van der Waals surface area contributed by atoms with Crippen molar-refractivity contribution in [2.75, 3.05) is 53.1 Å². The number of rotatable bonds is 6. The predicted molar refractivity (Wildman–Crippen MR) is 133 cm³/mol. The zero-order valence-corrected chi connectivity index (χ0v) is 22.1. The Bertz CT molecular complexity index is 849. The minimum atomic E-state index is -4.70. The highest BCUT2D eigenvalue weighted by Gasteiger charge is 2.35. The van der Waals surface area contributed by atoms with E-state index in [9.17, 15) is 23.1 Å². The lowest BCUT2D eigenvalue weighted by molar-refractivity contribution is -0.274. The van der Waals surface area contributed by atoms with Gasteiger partial charge in [-0.2, -0.15) is 0 Å². The topological polar surface area (TPSA) is 71.5 Å². The third kappa shape index (κ3) is 9.42. The Kier molecular flexibility index (Phi) is 10.6. The minimum Gasteiger partial charge on any atom is -0.406 e. The number of benzene rings is 1. The van der Waals surface area contributed by atoms with Crippen LogP contribution < -0.4 is 4.74 Å². The second kappa shape index (κ2) is 13.3. The Morgan fingerprint density at radius 1 is 1.14 bits per heavy atom. The van der Waals surface area contributed by atoms with Crippen LogP contribution in [0.3, 0.4) is 0 Å². The second-order valence-electron chi connectivity index (χ2n) is 11.0. The molecular weight excluding hydrogens is 489 g/mol. The van der Waals surface area contributed by atoms with E-state index in [4.69, 9.17) is 9.47 Å². The molecule has 2 aliphatic heterocycles. The highest BCUT2D eigenvalue weighted by atomic mass is 19.4. The lowest BCUT2D eigenvalue weighted by atomic mass is 9.80. The van der Waals surface area contributed by atoms with Crippen LogP contribution in [0.1, 0.15) is 45.1 Å². The van der Waals surface area contributed by atoms with Crippen molar-refractivity contribution < 1.29 is 37.3 Å². The molecule has 2 heterocycles. The van der Waals surface area contributed by atoms with Gasteiger partial charge in [-0.3, -0.25) is 9.69 Å². The molecule has 0 saturated carbocycles. The van der Waals surface area contributed by atoms with Gasteiger partial charge in [0.25, 0.3) is 0 Å². The molecule has 0 aliphatic carbocycles. The van der Waals surface area contributed by atoms with Crippen molar-refractivity contribution in [1.82, 2.24) is 9.80 Å². The maximum atomic E-state index is 13.4. The summed E-state index contributed by atoms with van der Waals surface area (Å²) in [4.78, 5) is 17.4. The summed E-state index contributed by atoms with van der Waals surface area (Å²) >= 11 is 0. The number of hydrogen-bond donors (Lipinski definition) is 1. The third-order valence-electron chi connectivity index (χ3n) is 7.53. The molecule has 3 rings (SSSR count). The minimum absolute atomic E-state index is 0.0377. The zero-order chi connectivity index (χ0) is 27.1. The molecule has 1 aromatic carbocycles. The zero-order valence-electron chi connectivity index (χ0n) is 22.1. The average Bonchev–Trinajstić information content (AvgIpc) is 2.83. The monoisotopic (exact) mass is 530 g/mol. The number of methoxy groups -OCH3 is 1. The van der Waals surface area contributed by atoms with Crippen molar-refractivity contribution in [2.45, 2.75) is 58.5 Å². The highest BCUT2D eigenvalue weighted by molar-refractivity contribution is 5.76. The van der Waals surface area contributed by atoms with Gasteiger partial charge in [0.1, 0.15) is 5.75 Å². The van der Waals surface area contributed by atoms with Gasteiger partial charge >= 0.3 is 6.36 Å². The maximum absolute atomic E-state index is 13.4. The fraction of sp³-hybridized carbons (Fsp3) is 0.741. The fourth-order valence-electron chi connectivity index (χ4n) is 5.16. The Morgan fingerprint density at radius 2 is 1.86 bits per heavy atom. The molecule has 2 fully saturated rings. The van der Waals surface area contributed by atoms with Crippen molar-refractivity contribution in [3.63, 3.8) is 0 Å². The Hall–Kier alpha value is -1.88. The molecule has 7 nitrogen and oxygen atoms in total. The number of hydrogen-bond acceptors (Lipinski definition) is 6. The molecule has 0 spiro atoms. The van der Waals surface area contributed by atoms with Gasteiger partial charge in [0.2, 0.25) is 5.91 Å². The van der Waals surface area contributed by atoms with Crippen molar-refractivity contribution >= 4 is 5.91 Å². The molecule has 0 aromatic heterocycles. The van der Waals surface area contributed by atoms with Crippen LogP contribution in [0.2, 0.25) is 0 Å². The summed E-state index contributed by atoms with van der Waals surface area (Å²) in [6.45, 7) is 8.24. The van der Waals surface area contributed by atoms with E-state index in [0.717, 1.165) is 37.9 Å². The van der Waals surface area contributed by atoms with Crippen molar-refractivity contribution in [3.8, 4) is 5.75 Å². The highest BCUT2D eigenvalue weighted by Crippen LogP contribution is 2.33. The summed E-state index contributed by atoms with van der Waals surface area (Å²) in [6, 6.07) is 6.01. The number of carbonyl (C=O) groups excluding carboxylic acids is 1. The van der Waals surface area contributed by atoms with Crippen LogP contribution in [-0.4, -0.2) is 86.4 Å². The molecule has 10 heteroatoms. The Balaban J connectivity index is 1.66. The molecule has 0 unspecified atom stereocenters. The van der Waals surface area contributed by atoms with Gasteiger partial charge in [0.05, 0.1) is 19.3 Å². The first-order chi connectivity index (χ1) is 17.5. The number of amides is 1. The lowest BCUT2D eigenvalue weighted by Crippen LogP contribution is -2.47. The standard InChI is InChI=1S/C27H41F3N2O5/c1-26(2)19-36-13-4-5-22-17-31(16-20-6-8-23(9-7-20)37-27(28,29)30)11-10-21(22)15-25(34)32(12-14-35-3)18-24(26)33/h6-9,21-22,24,33H,4-5,10-19H2,1-3H3/t21-,22-,24-/m0/s1. The van der Waals surface area contributed by atoms with Crippen molar-refractivity contribution in [1.29, 1.82) is 0 Å². The van der Waals surface area contributed by atoms with E-state index in [1.54, 1.807) is 24.1 Å². The number of aliphatic hydroxyl groups is 1. The summed E-state index contributed by atoms with van der Waals surface area (Å²) in [5.74, 6) is 0.338. The third-order valence-corrected chi connectivity index (χ3v) is 7.53. The number of alkyl halides is 3. The summed E-state index contributed by atoms with van der Waals surface area (Å²) in [5.41, 5.74) is 0.433. The summed E-state index contributed by atoms with van der Waals surface area (Å²) in [5, 5.41) is 10.9. The second-order valence-corrected chi connectivity index (χ2v) is 11.0. The van der Waals surface area contributed by atoms with Crippen LogP contribution >= 0.6 is 0 Å². The molecule has 210 valence electrons. The number of aliphatic hydroxyl groups excluding tert-OH is 1. The van der Waals surface area contributed by atoms with Crippen LogP contribution in [0.25, 0.3) is 0 Å². The largest absolute Gasteiger partial charge is 0.573 e. The van der Waals surface area contributed by atoms with Crippen LogP contribution in [0.5, 0.6) is 5.75 Å². The molecular formula is C27H41F3N2O5. The molecule has 1 aromatic rings. The van der Waals surface area contributed by atoms with Crippen molar-refractivity contribution in [2.24, 2.45) is 17.3 Å². The first-order valence-electron chi connectivity index (χ1n) is 13.1. The smallest absolute Gasteiger partial charge is 0.406 e. The summed E-state index contributed by atoms with van der Waals surface area (Å²) in [7, 11) is 1.60. The van der Waals surface area contributed by atoms with Gasteiger partial charge < -0.3 is 24.2 Å². The van der Waals surface area contributed by atoms with Crippen LogP contribution in [0.4, 0.5) is 13.2 Å². The van der Waals surface area contributed by atoms with E-state index >= 15 is 0 Å². The van der Waals surface area contributed by atoms with Crippen LogP contribution in [0, 0.1) is 17.3 Å². The van der Waals surface area contributed by atoms with Gasteiger partial charge in [0.15, 0.2) is 0 Å². The number of likely N-dealkylation sites (tertiary alicyclic amines) is 1. The van der Waals surface area contributed by atoms with Crippen LogP contribution in [-0.2, 0) is 20.8 Å². The van der Waals surface area contributed by atoms with Crippen molar-refractivity contribution in [3.05, 3.63) is 29.8 Å². The molecule has 0 bridgehead atoms. The first-order valence-corrected chi connectivity index (χ1v) is 13.1. The number of β-amino-alcohol motifs (C(OH)–C–C–N with tert-alkyl or cyclic N) is 1. The fourth-order valence-corrected chi connectivity index (χ4v) is 5.16. The number of nitrogens with zero attached hydrogens (tertiary/aromatic N) is 2. The Morgan fingerprint density at radius 3 is 2.54 bits per heavy atom. The summed E-state index contributed by atoms with van der Waals surface area (Å²) < 4.78 is 52.4. The van der Waals surface area contributed by atoms with E-state index in [0.29, 0.717) is 45.2 Å². The van der Waals surface area contributed by atoms with E-state index in [1.807, 2.05) is 13.8 Å². The first kappa shape index (κ1) is 29.7. The van der Waals surface area contributed by atoms with Gasteiger partial charge in [-0.15, -0.1) is 13.2 Å². The molecule has 2 aliphatic rings. The number of piperidine rings is 1. The number of halogens is 3. The SMILES string of the molecule is COCCN1C[C@H](O)C(C)(C)COCCC[C@H]2CN(Cc3ccc(OC(F)(F)F)cc3)CC[C@H]2CC1=O. The molecule has 2 saturated heterocycles. The van der Waals surface area contributed by atoms with Gasteiger partial charge in [-0.1, -0.05) is 26.0 Å². The molecule has 37 heavy (non-hydrogen) atoms. The van der Waals surface area contributed by atoms with Gasteiger partial charge in [-0.25, -0.2) is 0 Å². The van der Waals surface area contributed by atoms with Gasteiger partial charge in [0, 0.05) is 51.7 Å². The maximum Gasteiger partial charge on any atom is 0.573 e. The number of ether oxygens (including phenoxy) is 3. The Labute approximate surface area is 217 Å². The lowest BCUT2D eigenvalue weighted by Gasteiger charge is -2.39. The molecule has 0 radical (unpaired) electrons. The average molecular weight is 531 g/mol. The number of carbonyl (C=O) groups is 1. The van der Waals surface area contributed by atoms with E-state index in [-0.39, 0.29) is 24.1 Å². The number of fused-ring (bicyclic) bond motifs is 1. The van der Waals surface area contributed by atoms with E-state index in [2.05, 4.69) is 9.64 Å². The normalized spacial score (nSPS) is 26.5. The quantitative estimate of drug-likeness (QED) is 0.598.